The number of benzene rings is 1. The lowest BCUT2D eigenvalue weighted by atomic mass is 9.84. The summed E-state index contributed by atoms with van der Waals surface area (Å²) < 4.78 is 5.60. The Morgan fingerprint density at radius 3 is 2.76 bits per heavy atom. The Morgan fingerprint density at radius 2 is 2.10 bits per heavy atom. The second-order valence-electron chi connectivity index (χ2n) is 5.76. The predicted octanol–water partition coefficient (Wildman–Crippen LogP) is 3.32. The summed E-state index contributed by atoms with van der Waals surface area (Å²) in [7, 11) is 0. The molecule has 1 aliphatic rings. The fraction of sp³-hybridized carbons (Fsp3) is 0.588. The smallest absolute Gasteiger partial charge is 0.335 e. The molecule has 0 unspecified atom stereocenters. The van der Waals surface area contributed by atoms with Crippen LogP contribution in [0.15, 0.2) is 24.3 Å². The second kappa shape index (κ2) is 8.03. The predicted molar refractivity (Wildman–Crippen MR) is 82.9 cm³/mol. The molecule has 1 aromatic carbocycles. The summed E-state index contributed by atoms with van der Waals surface area (Å²) in [6.07, 6.45) is 6.47. The van der Waals surface area contributed by atoms with E-state index in [-0.39, 0.29) is 5.56 Å². The van der Waals surface area contributed by atoms with E-state index in [0.29, 0.717) is 18.4 Å². The van der Waals surface area contributed by atoms with Gasteiger partial charge in [0.25, 0.3) is 0 Å². The lowest BCUT2D eigenvalue weighted by Gasteiger charge is -2.28. The molecule has 0 aliphatic heterocycles. The largest absolute Gasteiger partial charge is 0.492 e. The van der Waals surface area contributed by atoms with Gasteiger partial charge in [0.15, 0.2) is 0 Å². The molecule has 0 aromatic heterocycles. The average Bonchev–Trinajstić information content (AvgIpc) is 2.52. The molecule has 4 nitrogen and oxygen atoms in total. The van der Waals surface area contributed by atoms with Crippen LogP contribution in [0.5, 0.6) is 5.75 Å². The minimum Gasteiger partial charge on any atom is -0.492 e. The van der Waals surface area contributed by atoms with Crippen molar-refractivity contribution in [2.75, 3.05) is 13.2 Å². The lowest BCUT2D eigenvalue weighted by molar-refractivity contribution is 0.0696. The standard InChI is InChI=1S/C17H25NO3/c1-2-13-6-8-15(9-7-13)18-10-11-21-16-5-3-4-14(12-16)17(19)20/h3-5,12-13,15,18H,2,6-11H2,1H3,(H,19,20). The van der Waals surface area contributed by atoms with Crippen LogP contribution in [0, 0.1) is 5.92 Å². The van der Waals surface area contributed by atoms with Gasteiger partial charge in [-0.15, -0.1) is 0 Å². The van der Waals surface area contributed by atoms with E-state index in [2.05, 4.69) is 12.2 Å². The van der Waals surface area contributed by atoms with E-state index in [1.807, 2.05) is 0 Å². The van der Waals surface area contributed by atoms with Crippen molar-refractivity contribution in [1.82, 2.24) is 5.32 Å². The van der Waals surface area contributed by atoms with Crippen LogP contribution in [-0.2, 0) is 0 Å². The highest BCUT2D eigenvalue weighted by Gasteiger charge is 2.19. The zero-order chi connectivity index (χ0) is 15.1. The quantitative estimate of drug-likeness (QED) is 0.757. The molecule has 0 heterocycles. The normalized spacial score (nSPS) is 22.0. The van der Waals surface area contributed by atoms with Crippen LogP contribution in [0.25, 0.3) is 0 Å². The zero-order valence-electron chi connectivity index (χ0n) is 12.7. The summed E-state index contributed by atoms with van der Waals surface area (Å²) in [4.78, 5) is 10.9. The minimum absolute atomic E-state index is 0.262. The van der Waals surface area contributed by atoms with Crippen molar-refractivity contribution in [1.29, 1.82) is 0 Å². The van der Waals surface area contributed by atoms with Crippen molar-refractivity contribution in [3.8, 4) is 5.75 Å². The van der Waals surface area contributed by atoms with Crippen LogP contribution >= 0.6 is 0 Å². The van der Waals surface area contributed by atoms with Gasteiger partial charge in [-0.1, -0.05) is 19.4 Å². The zero-order valence-corrected chi connectivity index (χ0v) is 12.7. The van der Waals surface area contributed by atoms with Crippen molar-refractivity contribution in [2.24, 2.45) is 5.92 Å². The highest BCUT2D eigenvalue weighted by Crippen LogP contribution is 2.26. The molecule has 1 fully saturated rings. The van der Waals surface area contributed by atoms with E-state index >= 15 is 0 Å². The molecule has 2 N–H and O–H groups in total. The Balaban J connectivity index is 1.66. The van der Waals surface area contributed by atoms with E-state index in [4.69, 9.17) is 9.84 Å². The van der Waals surface area contributed by atoms with E-state index in [1.165, 1.54) is 32.1 Å². The number of carbonyl (C=O) groups is 1. The first-order valence-corrected chi connectivity index (χ1v) is 7.88. The third-order valence-electron chi connectivity index (χ3n) is 4.31. The molecule has 0 saturated heterocycles. The molecule has 116 valence electrons. The summed E-state index contributed by atoms with van der Waals surface area (Å²) in [5, 5.41) is 12.5. The molecule has 0 radical (unpaired) electrons. The van der Waals surface area contributed by atoms with Gasteiger partial charge in [0, 0.05) is 12.6 Å². The van der Waals surface area contributed by atoms with Crippen LogP contribution in [0.2, 0.25) is 0 Å². The fourth-order valence-corrected chi connectivity index (χ4v) is 2.93. The Kier molecular flexibility index (Phi) is 6.05. The van der Waals surface area contributed by atoms with Crippen molar-refractivity contribution in [2.45, 2.75) is 45.1 Å². The van der Waals surface area contributed by atoms with Gasteiger partial charge in [0.05, 0.1) is 5.56 Å². The summed E-state index contributed by atoms with van der Waals surface area (Å²) >= 11 is 0. The number of hydrogen-bond acceptors (Lipinski definition) is 3. The molecule has 0 amide bonds. The number of ether oxygens (including phenoxy) is 1. The molecule has 0 bridgehead atoms. The number of aromatic carboxylic acids is 1. The molecular weight excluding hydrogens is 266 g/mol. The van der Waals surface area contributed by atoms with Crippen LogP contribution < -0.4 is 10.1 Å². The third kappa shape index (κ3) is 5.05. The SMILES string of the molecule is CCC1CCC(NCCOc2cccc(C(=O)O)c2)CC1. The van der Waals surface area contributed by atoms with Crippen molar-refractivity contribution >= 4 is 5.97 Å². The second-order valence-corrected chi connectivity index (χ2v) is 5.76. The first-order chi connectivity index (χ1) is 10.2. The van der Waals surface area contributed by atoms with Gasteiger partial charge in [-0.05, 0) is 49.8 Å². The van der Waals surface area contributed by atoms with Crippen LogP contribution in [-0.4, -0.2) is 30.3 Å². The molecule has 2 rings (SSSR count). The highest BCUT2D eigenvalue weighted by molar-refractivity contribution is 5.87. The summed E-state index contributed by atoms with van der Waals surface area (Å²) in [6, 6.07) is 7.24. The summed E-state index contributed by atoms with van der Waals surface area (Å²) in [5.41, 5.74) is 0.262. The van der Waals surface area contributed by atoms with Crippen molar-refractivity contribution in [3.05, 3.63) is 29.8 Å². The molecular formula is C17H25NO3. The van der Waals surface area contributed by atoms with Crippen molar-refractivity contribution in [3.63, 3.8) is 0 Å². The van der Waals surface area contributed by atoms with Gasteiger partial charge in [-0.3, -0.25) is 0 Å². The number of nitrogens with one attached hydrogen (secondary N) is 1. The van der Waals surface area contributed by atoms with Gasteiger partial charge >= 0.3 is 5.97 Å². The maximum absolute atomic E-state index is 10.9. The lowest BCUT2D eigenvalue weighted by Crippen LogP contribution is -2.35. The number of rotatable bonds is 7. The first kappa shape index (κ1) is 15.8. The molecule has 0 atom stereocenters. The van der Waals surface area contributed by atoms with Gasteiger partial charge in [-0.25, -0.2) is 4.79 Å². The molecule has 4 heteroatoms. The number of hydrogen-bond donors (Lipinski definition) is 2. The summed E-state index contributed by atoms with van der Waals surface area (Å²) in [5.74, 6) is 0.607. The third-order valence-corrected chi connectivity index (χ3v) is 4.31. The monoisotopic (exact) mass is 291 g/mol. The van der Waals surface area contributed by atoms with E-state index in [0.717, 1.165) is 12.5 Å². The Labute approximate surface area is 126 Å². The number of carboxylic acids is 1. The van der Waals surface area contributed by atoms with Crippen LogP contribution in [0.1, 0.15) is 49.4 Å². The van der Waals surface area contributed by atoms with E-state index < -0.39 is 5.97 Å². The maximum Gasteiger partial charge on any atom is 0.335 e. The topological polar surface area (TPSA) is 58.6 Å². The van der Waals surface area contributed by atoms with Gasteiger partial charge in [0.2, 0.25) is 0 Å². The molecule has 0 spiro atoms. The van der Waals surface area contributed by atoms with Crippen molar-refractivity contribution < 1.29 is 14.6 Å². The van der Waals surface area contributed by atoms with E-state index in [1.54, 1.807) is 24.3 Å². The van der Waals surface area contributed by atoms with Gasteiger partial charge in [-0.2, -0.15) is 0 Å². The molecule has 21 heavy (non-hydrogen) atoms. The Morgan fingerprint density at radius 1 is 1.33 bits per heavy atom. The average molecular weight is 291 g/mol. The van der Waals surface area contributed by atoms with Gasteiger partial charge < -0.3 is 15.2 Å². The number of carboxylic acid groups (broad SMARTS) is 1. The fourth-order valence-electron chi connectivity index (χ4n) is 2.93. The molecule has 1 saturated carbocycles. The van der Waals surface area contributed by atoms with E-state index in [9.17, 15) is 4.79 Å². The van der Waals surface area contributed by atoms with Crippen LogP contribution in [0.4, 0.5) is 0 Å². The Bertz CT molecular complexity index is 453. The van der Waals surface area contributed by atoms with Crippen LogP contribution in [0.3, 0.4) is 0 Å². The highest BCUT2D eigenvalue weighted by atomic mass is 16.5. The Hall–Kier alpha value is -1.55. The maximum atomic E-state index is 10.9. The molecule has 1 aromatic rings. The summed E-state index contributed by atoms with van der Waals surface area (Å²) in [6.45, 7) is 3.65. The molecule has 1 aliphatic carbocycles. The first-order valence-electron chi connectivity index (χ1n) is 7.88. The minimum atomic E-state index is -0.925. The van der Waals surface area contributed by atoms with Gasteiger partial charge in [0.1, 0.15) is 12.4 Å².